The second kappa shape index (κ2) is 17.4. The van der Waals surface area contributed by atoms with Gasteiger partial charge in [0, 0.05) is 57.9 Å². The summed E-state index contributed by atoms with van der Waals surface area (Å²) in [6, 6.07) is 13.6. The maximum absolute atomic E-state index is 14.0. The minimum absolute atomic E-state index is 0.0692. The Kier molecular flexibility index (Phi) is 14.3. The Morgan fingerprint density at radius 3 is 2.31 bits per heavy atom. The lowest BCUT2D eigenvalue weighted by molar-refractivity contribution is 0.0255. The highest BCUT2D eigenvalue weighted by atomic mass is 32.2. The fourth-order valence-corrected chi connectivity index (χ4v) is 6.97. The number of nitrogens with one attached hydrogen (secondary N) is 1. The Morgan fingerprint density at radius 2 is 1.69 bits per heavy atom. The first-order chi connectivity index (χ1) is 21.4. The minimum atomic E-state index is -3.41. The number of amides is 1. The number of benzene rings is 2. The van der Waals surface area contributed by atoms with E-state index in [0.29, 0.717) is 76.7 Å². The van der Waals surface area contributed by atoms with Gasteiger partial charge in [-0.05, 0) is 74.8 Å². The molecule has 0 aromatic heterocycles. The molecule has 1 amide bonds. The first-order valence-corrected chi connectivity index (χ1v) is 17.7. The summed E-state index contributed by atoms with van der Waals surface area (Å²) in [6.45, 7) is 9.06. The van der Waals surface area contributed by atoms with E-state index in [4.69, 9.17) is 18.9 Å². The molecule has 2 aromatic rings. The van der Waals surface area contributed by atoms with E-state index in [2.05, 4.69) is 4.72 Å². The SMILES string of the molecule is CCOc1ccccc1C(C(CCNS(C)(=O)=O)CCOC)C(c1cccc(C(=O)N2CCOCC2)c1CCOC)C(C)(C)O. The number of aliphatic hydroxyl groups is 1. The summed E-state index contributed by atoms with van der Waals surface area (Å²) in [7, 11) is -0.131. The summed E-state index contributed by atoms with van der Waals surface area (Å²) >= 11 is 0. The fourth-order valence-electron chi connectivity index (χ4n) is 6.48. The van der Waals surface area contributed by atoms with Crippen LogP contribution in [0.1, 0.15) is 72.5 Å². The molecule has 45 heavy (non-hydrogen) atoms. The third-order valence-electron chi connectivity index (χ3n) is 8.41. The van der Waals surface area contributed by atoms with Crippen LogP contribution >= 0.6 is 0 Å². The number of rotatable bonds is 18. The van der Waals surface area contributed by atoms with Gasteiger partial charge in [-0.25, -0.2) is 13.1 Å². The Balaban J connectivity index is 2.29. The second-order valence-corrected chi connectivity index (χ2v) is 14.0. The Labute approximate surface area is 269 Å². The highest BCUT2D eigenvalue weighted by Gasteiger charge is 2.43. The average molecular weight is 649 g/mol. The summed E-state index contributed by atoms with van der Waals surface area (Å²) in [5, 5.41) is 12.1. The quantitative estimate of drug-likeness (QED) is 0.249. The van der Waals surface area contributed by atoms with Gasteiger partial charge in [-0.2, -0.15) is 0 Å². The molecule has 10 nitrogen and oxygen atoms in total. The van der Waals surface area contributed by atoms with Crippen LogP contribution in [0.3, 0.4) is 0 Å². The molecule has 2 aromatic carbocycles. The molecule has 0 aliphatic carbocycles. The van der Waals surface area contributed by atoms with Crippen molar-refractivity contribution >= 4 is 15.9 Å². The molecule has 252 valence electrons. The molecule has 1 heterocycles. The van der Waals surface area contributed by atoms with Crippen molar-refractivity contribution in [3.05, 3.63) is 64.7 Å². The Hall–Kier alpha value is -2.54. The molecule has 0 bridgehead atoms. The van der Waals surface area contributed by atoms with Gasteiger partial charge in [-0.15, -0.1) is 0 Å². The number of carbonyl (C=O) groups excluding carboxylic acids is 1. The average Bonchev–Trinajstić information content (AvgIpc) is 3.00. The Morgan fingerprint density at radius 1 is 1.02 bits per heavy atom. The van der Waals surface area contributed by atoms with E-state index in [0.717, 1.165) is 22.9 Å². The molecule has 0 saturated carbocycles. The van der Waals surface area contributed by atoms with Gasteiger partial charge in [0.15, 0.2) is 0 Å². The van der Waals surface area contributed by atoms with Gasteiger partial charge in [-0.3, -0.25) is 4.79 Å². The van der Waals surface area contributed by atoms with Crippen LogP contribution in [0.15, 0.2) is 42.5 Å². The van der Waals surface area contributed by atoms with Gasteiger partial charge < -0.3 is 29.0 Å². The maximum atomic E-state index is 14.0. The van der Waals surface area contributed by atoms with Crippen LogP contribution in [-0.2, 0) is 30.7 Å². The number of ether oxygens (including phenoxy) is 4. The van der Waals surface area contributed by atoms with Crippen molar-refractivity contribution < 1.29 is 37.3 Å². The van der Waals surface area contributed by atoms with Gasteiger partial charge in [0.2, 0.25) is 10.0 Å². The number of methoxy groups -OCH3 is 2. The summed E-state index contributed by atoms with van der Waals surface area (Å²) in [5.74, 6) is -0.342. The molecule has 1 saturated heterocycles. The molecule has 2 N–H and O–H groups in total. The van der Waals surface area contributed by atoms with Crippen molar-refractivity contribution in [1.82, 2.24) is 9.62 Å². The lowest BCUT2D eigenvalue weighted by Gasteiger charge is -2.42. The van der Waals surface area contributed by atoms with Crippen LogP contribution < -0.4 is 9.46 Å². The van der Waals surface area contributed by atoms with E-state index in [1.807, 2.05) is 54.3 Å². The molecule has 1 aliphatic rings. The largest absolute Gasteiger partial charge is 0.494 e. The molecule has 1 fully saturated rings. The van der Waals surface area contributed by atoms with Crippen molar-refractivity contribution in [2.24, 2.45) is 5.92 Å². The molecule has 1 aliphatic heterocycles. The van der Waals surface area contributed by atoms with Crippen molar-refractivity contribution in [3.63, 3.8) is 0 Å². The summed E-state index contributed by atoms with van der Waals surface area (Å²) in [6.07, 6.45) is 2.73. The minimum Gasteiger partial charge on any atom is -0.494 e. The van der Waals surface area contributed by atoms with Crippen molar-refractivity contribution in [3.8, 4) is 5.75 Å². The van der Waals surface area contributed by atoms with Crippen molar-refractivity contribution in [1.29, 1.82) is 0 Å². The van der Waals surface area contributed by atoms with Gasteiger partial charge in [0.05, 0.1) is 38.3 Å². The zero-order valence-corrected chi connectivity index (χ0v) is 28.5. The lowest BCUT2D eigenvalue weighted by Crippen LogP contribution is -2.42. The van der Waals surface area contributed by atoms with Crippen LogP contribution in [0.4, 0.5) is 0 Å². The van der Waals surface area contributed by atoms with Crippen LogP contribution in [0.5, 0.6) is 5.75 Å². The van der Waals surface area contributed by atoms with E-state index in [9.17, 15) is 18.3 Å². The molecule has 3 rings (SSSR count). The predicted molar refractivity (Wildman–Crippen MR) is 176 cm³/mol. The second-order valence-electron chi connectivity index (χ2n) is 12.1. The van der Waals surface area contributed by atoms with Crippen molar-refractivity contribution in [2.75, 3.05) is 73.1 Å². The topological polar surface area (TPSA) is 124 Å². The number of morpholine rings is 1. The summed E-state index contributed by atoms with van der Waals surface area (Å²) in [4.78, 5) is 15.8. The molecular formula is C34H52N2O8S. The molecular weight excluding hydrogens is 596 g/mol. The number of sulfonamides is 1. The highest BCUT2D eigenvalue weighted by Crippen LogP contribution is 2.50. The van der Waals surface area contributed by atoms with Gasteiger partial charge in [0.25, 0.3) is 5.91 Å². The molecule has 0 spiro atoms. The van der Waals surface area contributed by atoms with E-state index in [-0.39, 0.29) is 24.3 Å². The van der Waals surface area contributed by atoms with Crippen LogP contribution in [0.2, 0.25) is 0 Å². The predicted octanol–water partition coefficient (Wildman–Crippen LogP) is 3.98. The zero-order chi connectivity index (χ0) is 33.0. The van der Waals surface area contributed by atoms with Crippen LogP contribution in [-0.4, -0.2) is 103 Å². The lowest BCUT2D eigenvalue weighted by atomic mass is 9.64. The standard InChI is InChI=1S/C34H52N2O8S/c1-7-44-30-14-9-8-11-29(30)31(25(16-21-41-4)15-18-35-45(6,39)40)32(34(2,3)38)27-12-10-13-28(26(27)17-22-42-5)33(37)36-19-23-43-24-20-36/h8-14,25,31-32,35,38H,7,15-24H2,1-6H3. The molecule has 3 unspecified atom stereocenters. The normalized spacial score (nSPS) is 16.3. The van der Waals surface area contributed by atoms with Gasteiger partial charge in [-0.1, -0.05) is 30.3 Å². The Bertz CT molecular complexity index is 1320. The molecule has 11 heteroatoms. The number of hydrogen-bond acceptors (Lipinski definition) is 8. The van der Waals surface area contributed by atoms with Gasteiger partial charge in [0.1, 0.15) is 5.75 Å². The third kappa shape index (κ3) is 10.5. The van der Waals surface area contributed by atoms with E-state index < -0.39 is 21.5 Å². The number of para-hydroxylation sites is 1. The molecule has 3 atom stereocenters. The first kappa shape index (κ1) is 36.9. The molecule has 0 radical (unpaired) electrons. The fraction of sp³-hybridized carbons (Fsp3) is 0.618. The van der Waals surface area contributed by atoms with Gasteiger partial charge >= 0.3 is 0 Å². The summed E-state index contributed by atoms with van der Waals surface area (Å²) in [5.41, 5.74) is 1.93. The van der Waals surface area contributed by atoms with Crippen LogP contribution in [0.25, 0.3) is 0 Å². The highest BCUT2D eigenvalue weighted by molar-refractivity contribution is 7.88. The number of carbonyl (C=O) groups is 1. The monoisotopic (exact) mass is 648 g/mol. The van der Waals surface area contributed by atoms with E-state index in [1.54, 1.807) is 28.1 Å². The maximum Gasteiger partial charge on any atom is 0.254 e. The van der Waals surface area contributed by atoms with Crippen LogP contribution in [0, 0.1) is 5.92 Å². The summed E-state index contributed by atoms with van der Waals surface area (Å²) < 4.78 is 49.5. The van der Waals surface area contributed by atoms with E-state index in [1.165, 1.54) is 0 Å². The zero-order valence-electron chi connectivity index (χ0n) is 27.7. The van der Waals surface area contributed by atoms with Crippen molar-refractivity contribution in [2.45, 2.75) is 57.5 Å². The van der Waals surface area contributed by atoms with E-state index >= 15 is 0 Å². The number of hydrogen-bond donors (Lipinski definition) is 2. The first-order valence-electron chi connectivity index (χ1n) is 15.8. The third-order valence-corrected chi connectivity index (χ3v) is 9.14. The smallest absolute Gasteiger partial charge is 0.254 e. The number of nitrogens with zero attached hydrogens (tertiary/aromatic N) is 1.